The quantitative estimate of drug-likeness (QED) is 0.340. The number of alkyl halides is 3. The fraction of sp³-hybridized carbons (Fsp3) is 0.231. The monoisotopic (exact) mass is 494 g/mol. The van der Waals surface area contributed by atoms with Gasteiger partial charge in [0.05, 0.1) is 22.9 Å². The number of allylic oxidation sites excluding steroid dienone is 1. The van der Waals surface area contributed by atoms with E-state index in [0.717, 1.165) is 49.5 Å². The summed E-state index contributed by atoms with van der Waals surface area (Å²) in [5.74, 6) is 1.82. The van der Waals surface area contributed by atoms with Crippen molar-refractivity contribution in [3.05, 3.63) is 90.9 Å². The minimum Gasteiger partial charge on any atom is -0.458 e. The first kappa shape index (κ1) is 23.5. The molecule has 0 atom stereocenters. The van der Waals surface area contributed by atoms with Gasteiger partial charge in [-0.15, -0.1) is 0 Å². The molecule has 0 fully saturated rings. The molecule has 0 amide bonds. The van der Waals surface area contributed by atoms with Crippen LogP contribution in [0, 0.1) is 0 Å². The zero-order valence-electron chi connectivity index (χ0n) is 19.6. The molecule has 36 heavy (non-hydrogen) atoms. The largest absolute Gasteiger partial charge is 0.458 e. The molecule has 10 heteroatoms. The number of benzene rings is 2. The van der Waals surface area contributed by atoms with Crippen molar-refractivity contribution < 1.29 is 17.9 Å². The first-order valence-electron chi connectivity index (χ1n) is 11.5. The summed E-state index contributed by atoms with van der Waals surface area (Å²) in [5, 5.41) is 2.98. The number of ether oxygens (including phenoxy) is 1. The Labute approximate surface area is 206 Å². The van der Waals surface area contributed by atoms with E-state index >= 15 is 0 Å². The van der Waals surface area contributed by atoms with Crippen LogP contribution < -0.4 is 10.1 Å². The highest BCUT2D eigenvalue weighted by Gasteiger charge is 2.30. The maximum absolute atomic E-state index is 13.0. The van der Waals surface area contributed by atoms with Gasteiger partial charge in [-0.2, -0.15) is 13.2 Å². The molecule has 0 spiro atoms. The fourth-order valence-electron chi connectivity index (χ4n) is 4.03. The van der Waals surface area contributed by atoms with Crippen LogP contribution in [0.5, 0.6) is 5.75 Å². The van der Waals surface area contributed by atoms with Crippen molar-refractivity contribution in [1.29, 1.82) is 0 Å². The molecule has 186 valence electrons. The zero-order chi connectivity index (χ0) is 25.1. The van der Waals surface area contributed by atoms with E-state index in [-0.39, 0.29) is 0 Å². The van der Waals surface area contributed by atoms with Gasteiger partial charge in [0.15, 0.2) is 0 Å². The Morgan fingerprint density at radius 2 is 2.00 bits per heavy atom. The Kier molecular flexibility index (Phi) is 6.41. The third-order valence-electron chi connectivity index (χ3n) is 5.93. The molecule has 0 radical (unpaired) electrons. The van der Waals surface area contributed by atoms with Crippen LogP contribution in [-0.4, -0.2) is 37.1 Å². The molecule has 0 saturated carbocycles. The molecule has 7 nitrogen and oxygen atoms in total. The van der Waals surface area contributed by atoms with E-state index in [4.69, 9.17) is 4.74 Å². The van der Waals surface area contributed by atoms with Gasteiger partial charge >= 0.3 is 6.18 Å². The number of hydrogen-bond donors (Lipinski definition) is 1. The minimum absolute atomic E-state index is 0.312. The Bertz CT molecular complexity index is 1410. The Morgan fingerprint density at radius 1 is 1.11 bits per heavy atom. The van der Waals surface area contributed by atoms with Gasteiger partial charge in [0.25, 0.3) is 0 Å². The number of aryl methyl sites for hydroxylation is 2. The number of anilines is 2. The van der Waals surface area contributed by atoms with Crippen LogP contribution in [0.2, 0.25) is 0 Å². The highest BCUT2D eigenvalue weighted by molar-refractivity contribution is 5.81. The van der Waals surface area contributed by atoms with Crippen molar-refractivity contribution in [3.8, 4) is 5.75 Å². The summed E-state index contributed by atoms with van der Waals surface area (Å²) >= 11 is 0. The highest BCUT2D eigenvalue weighted by Crippen LogP contribution is 2.32. The van der Waals surface area contributed by atoms with E-state index in [1.54, 1.807) is 23.9 Å². The lowest BCUT2D eigenvalue weighted by Crippen LogP contribution is -2.22. The average Bonchev–Trinajstić information content (AvgIpc) is 3.48. The molecule has 0 bridgehead atoms. The van der Waals surface area contributed by atoms with Gasteiger partial charge in [0.1, 0.15) is 11.5 Å². The van der Waals surface area contributed by atoms with Crippen molar-refractivity contribution in [2.45, 2.75) is 19.1 Å². The summed E-state index contributed by atoms with van der Waals surface area (Å²) < 4.78 is 49.0. The maximum atomic E-state index is 13.0. The molecule has 1 aliphatic rings. The first-order chi connectivity index (χ1) is 17.3. The van der Waals surface area contributed by atoms with Crippen molar-refractivity contribution in [2.24, 2.45) is 7.05 Å². The Hall–Kier alpha value is -4.21. The third-order valence-corrected chi connectivity index (χ3v) is 5.93. The van der Waals surface area contributed by atoms with Crippen LogP contribution >= 0.6 is 0 Å². The SMILES string of the molecule is Cn1c(Nc2cccc(C(F)(F)F)c2)nc2cc(OC3=CCN(CCCn4ccnc4)C=C3)ccc21. The summed E-state index contributed by atoms with van der Waals surface area (Å²) in [6, 6.07) is 10.6. The number of aromatic nitrogens is 4. The lowest BCUT2D eigenvalue weighted by Gasteiger charge is -2.22. The van der Waals surface area contributed by atoms with Crippen molar-refractivity contribution in [1.82, 2.24) is 24.0 Å². The molecular weight excluding hydrogens is 469 g/mol. The summed E-state index contributed by atoms with van der Waals surface area (Å²) in [6.07, 6.45) is 8.16. The molecule has 0 unspecified atom stereocenters. The van der Waals surface area contributed by atoms with E-state index < -0.39 is 11.7 Å². The smallest absolute Gasteiger partial charge is 0.416 e. The second-order valence-electron chi connectivity index (χ2n) is 8.52. The van der Waals surface area contributed by atoms with Gasteiger partial charge in [-0.05, 0) is 48.9 Å². The number of hydrogen-bond acceptors (Lipinski definition) is 5. The molecule has 3 heterocycles. The molecule has 2 aromatic carbocycles. The second-order valence-corrected chi connectivity index (χ2v) is 8.52. The van der Waals surface area contributed by atoms with Gasteiger partial charge in [0, 0.05) is 57.0 Å². The van der Waals surface area contributed by atoms with Gasteiger partial charge < -0.3 is 24.1 Å². The Morgan fingerprint density at radius 3 is 2.75 bits per heavy atom. The van der Waals surface area contributed by atoms with E-state index in [1.807, 2.05) is 49.1 Å². The fourth-order valence-corrected chi connectivity index (χ4v) is 4.03. The van der Waals surface area contributed by atoms with Crippen LogP contribution in [0.15, 0.2) is 85.3 Å². The highest BCUT2D eigenvalue weighted by atomic mass is 19.4. The molecule has 0 saturated heterocycles. The molecular formula is C26H25F3N6O. The second kappa shape index (κ2) is 9.80. The number of rotatable bonds is 8. The zero-order valence-corrected chi connectivity index (χ0v) is 19.6. The average molecular weight is 495 g/mol. The normalized spacial score (nSPS) is 13.8. The van der Waals surface area contributed by atoms with Gasteiger partial charge in [-0.3, -0.25) is 0 Å². The van der Waals surface area contributed by atoms with Crippen LogP contribution in [-0.2, 0) is 19.8 Å². The summed E-state index contributed by atoms with van der Waals surface area (Å²) in [4.78, 5) is 10.8. The lowest BCUT2D eigenvalue weighted by molar-refractivity contribution is -0.137. The molecule has 1 aliphatic heterocycles. The number of imidazole rings is 2. The van der Waals surface area contributed by atoms with E-state index in [9.17, 15) is 13.2 Å². The number of nitrogens with one attached hydrogen (secondary N) is 1. The summed E-state index contributed by atoms with van der Waals surface area (Å²) in [7, 11) is 1.81. The topological polar surface area (TPSA) is 60.1 Å². The van der Waals surface area contributed by atoms with Crippen molar-refractivity contribution in [2.75, 3.05) is 18.4 Å². The van der Waals surface area contributed by atoms with E-state index in [1.165, 1.54) is 6.07 Å². The van der Waals surface area contributed by atoms with Crippen LogP contribution in [0.1, 0.15) is 12.0 Å². The van der Waals surface area contributed by atoms with Gasteiger partial charge in [0.2, 0.25) is 5.95 Å². The molecule has 5 rings (SSSR count). The van der Waals surface area contributed by atoms with Gasteiger partial charge in [-0.25, -0.2) is 9.97 Å². The van der Waals surface area contributed by atoms with Crippen molar-refractivity contribution in [3.63, 3.8) is 0 Å². The van der Waals surface area contributed by atoms with Gasteiger partial charge in [-0.1, -0.05) is 6.07 Å². The minimum atomic E-state index is -4.41. The standard InChI is InChI=1S/C26H25F3N6O/c1-33-24-7-6-22(36-21-8-13-34(14-9-21)11-3-12-35-15-10-30-18-35)17-23(24)32-25(33)31-20-5-2-4-19(16-20)26(27,28)29/h2,4-10,13,15-18H,3,11-12,14H2,1H3,(H,31,32). The van der Waals surface area contributed by atoms with E-state index in [2.05, 4.69) is 24.8 Å². The predicted molar refractivity (Wildman–Crippen MR) is 132 cm³/mol. The molecule has 4 aromatic rings. The Balaban J connectivity index is 1.22. The number of nitrogens with zero attached hydrogens (tertiary/aromatic N) is 5. The first-order valence-corrected chi connectivity index (χ1v) is 11.5. The third kappa shape index (κ3) is 5.37. The molecule has 0 aliphatic carbocycles. The number of fused-ring (bicyclic) bond motifs is 1. The lowest BCUT2D eigenvalue weighted by atomic mass is 10.2. The van der Waals surface area contributed by atoms with Crippen LogP contribution in [0.3, 0.4) is 0 Å². The van der Waals surface area contributed by atoms with Crippen LogP contribution in [0.4, 0.5) is 24.8 Å². The summed E-state index contributed by atoms with van der Waals surface area (Å²) in [5.41, 5.74) is 1.10. The molecule has 1 N–H and O–H groups in total. The van der Waals surface area contributed by atoms with Crippen LogP contribution in [0.25, 0.3) is 11.0 Å². The van der Waals surface area contributed by atoms with Crippen molar-refractivity contribution >= 4 is 22.7 Å². The summed E-state index contributed by atoms with van der Waals surface area (Å²) in [6.45, 7) is 2.61. The number of halogens is 3. The molecule has 2 aromatic heterocycles. The maximum Gasteiger partial charge on any atom is 0.416 e. The van der Waals surface area contributed by atoms with E-state index in [0.29, 0.717) is 22.9 Å². The predicted octanol–water partition coefficient (Wildman–Crippen LogP) is 5.71.